The minimum Gasteiger partial charge on any atom is -0.469 e. The van der Waals surface area contributed by atoms with Gasteiger partial charge in [-0.25, -0.2) is 0 Å². The van der Waals surface area contributed by atoms with Crippen LogP contribution in [0, 0.1) is 0 Å². The van der Waals surface area contributed by atoms with E-state index >= 15 is 0 Å². The molecule has 0 unspecified atom stereocenters. The van der Waals surface area contributed by atoms with E-state index in [9.17, 15) is 14.4 Å². The monoisotopic (exact) mass is 1160 g/mol. The number of esters is 2. The minimum absolute atomic E-state index is 0.113. The maximum Gasteiger partial charge on any atom is 0.305 e. The maximum absolute atomic E-state index is 13.2. The number of allylic oxidation sites excluding steroid dienone is 1. The lowest BCUT2D eigenvalue weighted by molar-refractivity contribution is -0.141. The first kappa shape index (κ1) is 58.7. The van der Waals surface area contributed by atoms with E-state index in [-0.39, 0.29) is 30.6 Å². The molecule has 4 heterocycles. The van der Waals surface area contributed by atoms with Crippen LogP contribution in [0.5, 0.6) is 0 Å². The normalized spacial score (nSPS) is 10.9. The van der Waals surface area contributed by atoms with Crippen LogP contribution in [0.25, 0.3) is 95.6 Å². The predicted molar refractivity (Wildman–Crippen MR) is 349 cm³/mol. The van der Waals surface area contributed by atoms with Crippen LogP contribution >= 0.6 is 0 Å². The number of nitrogens with zero attached hydrogens (tertiary/aromatic N) is 4. The number of ketones is 1. The van der Waals surface area contributed by atoms with Gasteiger partial charge in [-0.2, -0.15) is 20.4 Å². The Bertz CT molecular complexity index is 4040. The highest BCUT2D eigenvalue weighted by atomic mass is 16.5. The summed E-state index contributed by atoms with van der Waals surface area (Å²) in [6.07, 6.45) is 3.93. The summed E-state index contributed by atoms with van der Waals surface area (Å²) in [5, 5.41) is 32.1. The van der Waals surface area contributed by atoms with Gasteiger partial charge in [0.05, 0.1) is 59.8 Å². The fraction of sp³-hybridized carbons (Fsp3) is 0.133. The summed E-state index contributed by atoms with van der Waals surface area (Å²) in [5.74, 6) is -0.442. The van der Waals surface area contributed by atoms with Gasteiger partial charge < -0.3 is 9.47 Å². The first-order chi connectivity index (χ1) is 43.2. The molecule has 4 N–H and O–H groups in total. The molecule has 13 heteroatoms. The van der Waals surface area contributed by atoms with E-state index in [4.69, 9.17) is 19.7 Å². The lowest BCUT2D eigenvalue weighted by atomic mass is 9.93. The number of nitrogens with one attached hydrogen (secondary N) is 4. The number of Topliss-reactive ketones (excluding diaryl/α,β-unsaturated/α-hetero) is 1. The molecule has 88 heavy (non-hydrogen) atoms. The van der Waals surface area contributed by atoms with Crippen molar-refractivity contribution < 1.29 is 23.9 Å². The average Bonchev–Trinajstić information content (AvgIpc) is 2.28. The third-order valence-corrected chi connectivity index (χ3v) is 15.7. The highest BCUT2D eigenvalue weighted by Gasteiger charge is 2.24. The molecule has 12 aromatic rings. The quantitative estimate of drug-likeness (QED) is 0.0379. The molecule has 0 saturated heterocycles. The molecule has 0 spiro atoms. The number of aromatic nitrogens is 8. The van der Waals surface area contributed by atoms with E-state index in [0.717, 1.165) is 142 Å². The van der Waals surface area contributed by atoms with Crippen molar-refractivity contribution in [2.24, 2.45) is 0 Å². The number of ether oxygens (including phenoxy) is 2. The molecule has 8 aromatic carbocycles. The van der Waals surface area contributed by atoms with Gasteiger partial charge in [0, 0.05) is 69.3 Å². The van der Waals surface area contributed by atoms with Crippen molar-refractivity contribution in [3.63, 3.8) is 0 Å². The number of methoxy groups -OCH3 is 2. The van der Waals surface area contributed by atoms with Gasteiger partial charge in [0.2, 0.25) is 0 Å². The minimum atomic E-state index is -0.278. The predicted octanol–water partition coefficient (Wildman–Crippen LogP) is 16.3. The second-order valence-electron chi connectivity index (χ2n) is 21.2. The molecule has 0 aliphatic carbocycles. The molecule has 0 atom stereocenters. The third-order valence-electron chi connectivity index (χ3n) is 15.7. The number of benzene rings is 8. The van der Waals surface area contributed by atoms with Gasteiger partial charge in [0.15, 0.2) is 5.78 Å². The van der Waals surface area contributed by atoms with Gasteiger partial charge in [0.1, 0.15) is 0 Å². The van der Waals surface area contributed by atoms with Crippen molar-refractivity contribution in [2.75, 3.05) is 14.2 Å². The van der Waals surface area contributed by atoms with Gasteiger partial charge in [-0.15, -0.1) is 0 Å². The summed E-state index contributed by atoms with van der Waals surface area (Å²) in [5.41, 5.74) is 21.8. The van der Waals surface area contributed by atoms with Crippen LogP contribution in [-0.2, 0) is 44.7 Å². The molecule has 13 nitrogen and oxygen atoms in total. The first-order valence-electron chi connectivity index (χ1n) is 29.4. The standard InChI is InChI=1S/C43H36N4O.C32H30N4O4/c1-30(31-15-6-2-7-16-31)25-26-37-40(33-19-10-4-11-20-33)44-46-42(37)35-23-14-24-36(29-35)43-38(27-28-39(48)32-17-8-3-9-18-32)41(45-47-43)34-21-12-5-13-22-34;1-39-27(37)18-16-25-29(21-10-5-3-6-11-21)33-35-31(25)23-14-9-15-24(20-23)32-26(17-19-28(38)40-2)30(34-36-32)22-12-7-4-8-13-22/h2-24,29H,1,25-28H2,(H,44,46)(H,45,47);3-15,20H,16-19H2,1-2H3,(H,33,35)(H,34,36). The van der Waals surface area contributed by atoms with Crippen molar-refractivity contribution >= 4 is 23.3 Å². The smallest absolute Gasteiger partial charge is 0.305 e. The Hall–Kier alpha value is -11.1. The maximum atomic E-state index is 13.2. The Morgan fingerprint density at radius 1 is 0.330 bits per heavy atom. The van der Waals surface area contributed by atoms with Crippen molar-refractivity contribution in [3.8, 4) is 90.1 Å². The van der Waals surface area contributed by atoms with E-state index in [1.165, 1.54) is 14.2 Å². The van der Waals surface area contributed by atoms with Crippen LogP contribution in [0.1, 0.15) is 63.9 Å². The zero-order valence-corrected chi connectivity index (χ0v) is 49.1. The Morgan fingerprint density at radius 3 is 0.898 bits per heavy atom. The molecule has 0 radical (unpaired) electrons. The largest absolute Gasteiger partial charge is 0.469 e. The van der Waals surface area contributed by atoms with Crippen LogP contribution in [0.15, 0.2) is 237 Å². The van der Waals surface area contributed by atoms with Crippen LogP contribution in [0.3, 0.4) is 0 Å². The second kappa shape index (κ2) is 28.2. The lowest BCUT2D eigenvalue weighted by Crippen LogP contribution is -2.03. The highest BCUT2D eigenvalue weighted by Crippen LogP contribution is 2.39. The fourth-order valence-electron chi connectivity index (χ4n) is 11.2. The van der Waals surface area contributed by atoms with Gasteiger partial charge in [-0.1, -0.05) is 225 Å². The fourth-order valence-corrected chi connectivity index (χ4v) is 11.2. The number of carbonyl (C=O) groups excluding carboxylic acids is 3. The highest BCUT2D eigenvalue weighted by molar-refractivity contribution is 5.96. The Morgan fingerprint density at radius 2 is 0.591 bits per heavy atom. The van der Waals surface area contributed by atoms with E-state index < -0.39 is 0 Å². The van der Waals surface area contributed by atoms with Gasteiger partial charge in [0.25, 0.3) is 0 Å². The van der Waals surface area contributed by atoms with Crippen molar-refractivity contribution in [1.29, 1.82) is 0 Å². The summed E-state index contributed by atoms with van der Waals surface area (Å²) in [6, 6.07) is 76.6. The van der Waals surface area contributed by atoms with Gasteiger partial charge >= 0.3 is 11.9 Å². The molecule has 4 aromatic heterocycles. The van der Waals surface area contributed by atoms with Crippen LogP contribution in [0.2, 0.25) is 0 Å². The van der Waals surface area contributed by atoms with E-state index in [0.29, 0.717) is 25.7 Å². The molecule has 0 aliphatic rings. The van der Waals surface area contributed by atoms with Crippen molar-refractivity contribution in [2.45, 2.75) is 51.4 Å². The van der Waals surface area contributed by atoms with Crippen molar-refractivity contribution in [1.82, 2.24) is 40.8 Å². The Kier molecular flexibility index (Phi) is 18.8. The zero-order chi connectivity index (χ0) is 60.6. The summed E-state index contributed by atoms with van der Waals surface area (Å²) < 4.78 is 9.80. The SMILES string of the molecule is C=C(CCc1c(-c2cccc(-c3n[nH]c(-c4ccccc4)c3CCC(=O)c3ccccc3)c2)n[nH]c1-c1ccccc1)c1ccccc1.COC(=O)CCc1c(-c2cccc(-c3n[nH]c(-c4ccccc4)c3CCC(=O)OC)c2)n[nH]c1-c1ccccc1. The number of aromatic amines is 4. The number of rotatable bonds is 22. The van der Waals surface area contributed by atoms with E-state index in [1.54, 1.807) is 0 Å². The van der Waals surface area contributed by atoms with Crippen LogP contribution in [0.4, 0.5) is 0 Å². The Balaban J connectivity index is 0.000000185. The van der Waals surface area contributed by atoms with Gasteiger partial charge in [-0.05, 0) is 77.6 Å². The van der Waals surface area contributed by atoms with Gasteiger partial charge in [-0.3, -0.25) is 34.8 Å². The molecule has 0 bridgehead atoms. The summed E-state index contributed by atoms with van der Waals surface area (Å²) in [4.78, 5) is 37.2. The molecular weight excluding hydrogens is 1090 g/mol. The number of hydrogen-bond donors (Lipinski definition) is 4. The molecule has 0 amide bonds. The lowest BCUT2D eigenvalue weighted by Gasteiger charge is -2.11. The molecule has 0 fully saturated rings. The van der Waals surface area contributed by atoms with Crippen LogP contribution in [-0.4, -0.2) is 72.7 Å². The molecule has 0 aliphatic heterocycles. The summed E-state index contributed by atoms with van der Waals surface area (Å²) >= 11 is 0. The topological polar surface area (TPSA) is 184 Å². The van der Waals surface area contributed by atoms with Crippen LogP contribution < -0.4 is 0 Å². The third kappa shape index (κ3) is 13.7. The average molecular weight is 1160 g/mol. The Labute approximate surface area is 511 Å². The first-order valence-corrected chi connectivity index (χ1v) is 29.4. The molecule has 12 rings (SSSR count). The molecule has 0 saturated carbocycles. The van der Waals surface area contributed by atoms with E-state index in [2.05, 4.69) is 122 Å². The zero-order valence-electron chi connectivity index (χ0n) is 49.1. The number of carbonyl (C=O) groups is 3. The second-order valence-corrected chi connectivity index (χ2v) is 21.2. The van der Waals surface area contributed by atoms with Crippen molar-refractivity contribution in [3.05, 3.63) is 270 Å². The number of hydrogen-bond acceptors (Lipinski definition) is 9. The van der Waals surface area contributed by atoms with E-state index in [1.807, 2.05) is 146 Å². The summed E-state index contributed by atoms with van der Waals surface area (Å²) in [7, 11) is 2.79. The molecular formula is C75H66N8O5. The summed E-state index contributed by atoms with van der Waals surface area (Å²) in [6.45, 7) is 4.40. The molecule has 436 valence electrons. The number of H-pyrrole nitrogens is 4.